The van der Waals surface area contributed by atoms with Crippen molar-refractivity contribution in [2.75, 3.05) is 27.4 Å². The van der Waals surface area contributed by atoms with Gasteiger partial charge in [0.15, 0.2) is 23.0 Å². The molecule has 3 atom stereocenters. The summed E-state index contributed by atoms with van der Waals surface area (Å²) < 4.78 is 23.9. The van der Waals surface area contributed by atoms with E-state index in [0.717, 1.165) is 16.7 Å². The van der Waals surface area contributed by atoms with E-state index in [2.05, 4.69) is 15.9 Å². The number of hydrogen-bond donors (Lipinski definition) is 2. The Bertz CT molecular complexity index is 1530. The van der Waals surface area contributed by atoms with Gasteiger partial charge in [-0.1, -0.05) is 25.4 Å². The highest BCUT2D eigenvalue weighted by molar-refractivity contribution is 9.10. The highest BCUT2D eigenvalue weighted by Gasteiger charge is 2.38. The van der Waals surface area contributed by atoms with E-state index in [-0.39, 0.29) is 44.4 Å². The van der Waals surface area contributed by atoms with Gasteiger partial charge in [0, 0.05) is 44.5 Å². The number of fused-ring (bicyclic) bond motifs is 2. The third-order valence-corrected chi connectivity index (χ3v) is 9.54. The van der Waals surface area contributed by atoms with Gasteiger partial charge in [-0.15, -0.1) is 0 Å². The van der Waals surface area contributed by atoms with Crippen LogP contribution >= 0.6 is 27.5 Å². The van der Waals surface area contributed by atoms with Gasteiger partial charge in [0.1, 0.15) is 0 Å². The summed E-state index contributed by atoms with van der Waals surface area (Å²) in [5.41, 5.74) is 3.31. The van der Waals surface area contributed by atoms with E-state index in [4.69, 9.17) is 35.7 Å². The van der Waals surface area contributed by atoms with Crippen molar-refractivity contribution in [1.29, 1.82) is 0 Å². The molecule has 2 aliphatic heterocycles. The second-order valence-corrected chi connectivity index (χ2v) is 12.7. The molecule has 2 amide bonds. The van der Waals surface area contributed by atoms with Crippen LogP contribution in [0.15, 0.2) is 16.6 Å². The molecule has 46 heavy (non-hydrogen) atoms. The molecule has 2 aliphatic rings. The third-order valence-electron chi connectivity index (χ3n) is 8.33. The molecule has 0 saturated heterocycles. The van der Waals surface area contributed by atoms with Crippen molar-refractivity contribution in [2.24, 2.45) is 11.8 Å². The maximum Gasteiger partial charge on any atom is 0.306 e. The summed E-state index contributed by atoms with van der Waals surface area (Å²) in [7, 11) is 3.03. The van der Waals surface area contributed by atoms with Crippen molar-refractivity contribution in [2.45, 2.75) is 65.7 Å². The zero-order valence-corrected chi connectivity index (χ0v) is 28.7. The number of carboxylic acids is 2. The van der Waals surface area contributed by atoms with Gasteiger partial charge < -0.3 is 39.0 Å². The Morgan fingerprint density at radius 3 is 2.02 bits per heavy atom. The molecule has 0 radical (unpaired) electrons. The van der Waals surface area contributed by atoms with Crippen LogP contribution in [-0.4, -0.2) is 71.2 Å². The van der Waals surface area contributed by atoms with Gasteiger partial charge in [-0.3, -0.25) is 19.2 Å². The van der Waals surface area contributed by atoms with Gasteiger partial charge in [0.2, 0.25) is 11.8 Å². The Balaban J connectivity index is 1.39. The zero-order valence-electron chi connectivity index (χ0n) is 26.4. The molecule has 2 aromatic carbocycles. The molecule has 250 valence electrons. The Morgan fingerprint density at radius 1 is 0.891 bits per heavy atom. The van der Waals surface area contributed by atoms with Crippen LogP contribution < -0.4 is 18.9 Å². The first kappa shape index (κ1) is 35.1. The average Bonchev–Trinajstić information content (AvgIpc) is 3.59. The fourth-order valence-corrected chi connectivity index (χ4v) is 6.69. The van der Waals surface area contributed by atoms with Crippen molar-refractivity contribution in [3.63, 3.8) is 0 Å². The molecule has 2 aromatic rings. The number of amides is 2. The maximum atomic E-state index is 13.0. The van der Waals surface area contributed by atoms with Gasteiger partial charge in [-0.05, 0) is 51.7 Å². The molecule has 2 unspecified atom stereocenters. The van der Waals surface area contributed by atoms with Crippen LogP contribution in [0.1, 0.15) is 68.3 Å². The lowest BCUT2D eigenvalue weighted by Crippen LogP contribution is -2.30. The number of halogens is 2. The highest BCUT2D eigenvalue weighted by Crippen LogP contribution is 2.52. The normalized spacial score (nSPS) is 16.4. The number of ether oxygens (including phenoxy) is 4. The second-order valence-electron chi connectivity index (χ2n) is 11.5. The molecular formula is C32H38BrClN2O10. The molecule has 0 bridgehead atoms. The maximum absolute atomic E-state index is 13.0. The van der Waals surface area contributed by atoms with Crippen molar-refractivity contribution in [3.05, 3.63) is 43.9 Å². The molecule has 0 aliphatic carbocycles. The fourth-order valence-electron chi connectivity index (χ4n) is 5.59. The number of methoxy groups -OCH3 is 2. The Morgan fingerprint density at radius 2 is 1.46 bits per heavy atom. The predicted octanol–water partition coefficient (Wildman–Crippen LogP) is 5.43. The lowest BCUT2D eigenvalue weighted by atomic mass is 10.0. The molecule has 0 spiro atoms. The van der Waals surface area contributed by atoms with E-state index in [1.54, 1.807) is 9.80 Å². The largest absolute Gasteiger partial charge is 0.493 e. The summed E-state index contributed by atoms with van der Waals surface area (Å²) in [5.74, 6) is -2.37. The first-order chi connectivity index (χ1) is 21.8. The molecule has 12 nitrogen and oxygen atoms in total. The Labute approximate surface area is 280 Å². The standard InChI is InChI=1S/C32H38BrClN2O10/c1-16(31(39)40)9-24(37)35-13-19-11-22(43-4)23(12-20(19)14-35)45-7-6-8-46-30-28(34)26-18(3)36(25(38)10-17(2)32(41)42)15-21(26)27(33)29(30)44-5/h11-12,16-18H,6-10,13-15H2,1-5H3,(H,39,40)(H,41,42)/t16-,17?,18?/m0/s1. The minimum absolute atomic E-state index is 0.0687. The molecule has 2 heterocycles. The molecule has 2 N–H and O–H groups in total. The Kier molecular flexibility index (Phi) is 11.3. The van der Waals surface area contributed by atoms with Crippen LogP contribution in [0.5, 0.6) is 23.0 Å². The number of carboxylic acid groups (broad SMARTS) is 2. The summed E-state index contributed by atoms with van der Waals surface area (Å²) in [6.07, 6.45) is 0.279. The summed E-state index contributed by atoms with van der Waals surface area (Å²) in [5, 5.41) is 18.7. The summed E-state index contributed by atoms with van der Waals surface area (Å²) >= 11 is 10.4. The van der Waals surface area contributed by atoms with E-state index in [0.29, 0.717) is 57.6 Å². The third kappa shape index (κ3) is 7.30. The van der Waals surface area contributed by atoms with Gasteiger partial charge in [0.05, 0.1) is 54.8 Å². The number of rotatable bonds is 14. The average molecular weight is 726 g/mol. The van der Waals surface area contributed by atoms with Crippen molar-refractivity contribution >= 4 is 51.3 Å². The first-order valence-corrected chi connectivity index (χ1v) is 16.0. The molecule has 0 aromatic heterocycles. The summed E-state index contributed by atoms with van der Waals surface area (Å²) in [4.78, 5) is 51.3. The van der Waals surface area contributed by atoms with Gasteiger partial charge in [0.25, 0.3) is 0 Å². The van der Waals surface area contributed by atoms with Crippen LogP contribution in [0.2, 0.25) is 5.02 Å². The molecule has 14 heteroatoms. The number of hydrogen-bond acceptors (Lipinski definition) is 8. The number of carbonyl (C=O) groups is 4. The van der Waals surface area contributed by atoms with Gasteiger partial charge in [-0.2, -0.15) is 0 Å². The number of nitrogens with zero attached hydrogens (tertiary/aromatic N) is 2. The zero-order chi connectivity index (χ0) is 33.9. The first-order valence-electron chi connectivity index (χ1n) is 14.8. The van der Waals surface area contributed by atoms with E-state index in [1.165, 1.54) is 28.1 Å². The van der Waals surface area contributed by atoms with Crippen LogP contribution in [-0.2, 0) is 38.8 Å². The van der Waals surface area contributed by atoms with Crippen LogP contribution in [0, 0.1) is 11.8 Å². The van der Waals surface area contributed by atoms with E-state index >= 15 is 0 Å². The number of aliphatic carboxylic acids is 2. The number of benzene rings is 2. The lowest BCUT2D eigenvalue weighted by molar-refractivity contribution is -0.146. The van der Waals surface area contributed by atoms with Gasteiger partial charge >= 0.3 is 11.9 Å². The van der Waals surface area contributed by atoms with Crippen molar-refractivity contribution in [3.8, 4) is 23.0 Å². The van der Waals surface area contributed by atoms with E-state index in [9.17, 15) is 24.3 Å². The predicted molar refractivity (Wildman–Crippen MR) is 170 cm³/mol. The van der Waals surface area contributed by atoms with Gasteiger partial charge in [-0.25, -0.2) is 0 Å². The monoisotopic (exact) mass is 724 g/mol. The molecule has 0 fully saturated rings. The van der Waals surface area contributed by atoms with E-state index < -0.39 is 29.8 Å². The van der Waals surface area contributed by atoms with Crippen LogP contribution in [0.4, 0.5) is 0 Å². The minimum Gasteiger partial charge on any atom is -0.493 e. The van der Waals surface area contributed by atoms with Crippen molar-refractivity contribution in [1.82, 2.24) is 9.80 Å². The lowest BCUT2D eigenvalue weighted by Gasteiger charge is -2.23. The smallest absolute Gasteiger partial charge is 0.306 e. The van der Waals surface area contributed by atoms with E-state index in [1.807, 2.05) is 19.1 Å². The second kappa shape index (κ2) is 14.8. The minimum atomic E-state index is -1.03. The molecular weight excluding hydrogens is 688 g/mol. The highest BCUT2D eigenvalue weighted by atomic mass is 79.9. The quantitative estimate of drug-likeness (QED) is 0.241. The SMILES string of the molecule is COc1cc2c(cc1OCCCOc1c(Cl)c3c(c(Br)c1OC)CN(C(=O)CC(C)C(=O)O)C3C)CN(C(=O)C[C@H](C)C(=O)O)C2. The number of carbonyl (C=O) groups excluding carboxylic acids is 2. The topological polar surface area (TPSA) is 152 Å². The summed E-state index contributed by atoms with van der Waals surface area (Å²) in [6.45, 7) is 6.34. The van der Waals surface area contributed by atoms with Crippen molar-refractivity contribution < 1.29 is 48.3 Å². The van der Waals surface area contributed by atoms with Crippen LogP contribution in [0.3, 0.4) is 0 Å². The fraction of sp³-hybridized carbons (Fsp3) is 0.500. The Hall–Kier alpha value is -3.71. The molecule has 4 rings (SSSR count). The molecule has 0 saturated carbocycles. The van der Waals surface area contributed by atoms with Crippen LogP contribution in [0.25, 0.3) is 0 Å². The summed E-state index contributed by atoms with van der Waals surface area (Å²) in [6, 6.07) is 3.27.